The average molecular weight is 409 g/mol. The number of carbonyl (C=O) groups is 4. The lowest BCUT2D eigenvalue weighted by molar-refractivity contribution is -0.152. The maximum absolute atomic E-state index is 12.9. The average Bonchev–Trinajstić information content (AvgIpc) is 2.98. The number of imide groups is 1. The second-order valence-electron chi connectivity index (χ2n) is 7.39. The Labute approximate surface area is 174 Å². The fourth-order valence-corrected chi connectivity index (χ4v) is 3.42. The number of ether oxygens (including phenoxy) is 2. The SMILES string of the molecule is COc1ccc(C(=O)[C@@H](C)OC(=O)[C@@H](C(C)C)N2C(=O)c3ccccc3C2=O)cc1. The van der Waals surface area contributed by atoms with Gasteiger partial charge in [0.15, 0.2) is 6.10 Å². The Morgan fingerprint density at radius 2 is 1.40 bits per heavy atom. The van der Waals surface area contributed by atoms with Gasteiger partial charge in [-0.25, -0.2) is 4.79 Å². The molecule has 0 saturated heterocycles. The van der Waals surface area contributed by atoms with E-state index < -0.39 is 41.6 Å². The lowest BCUT2D eigenvalue weighted by atomic mass is 10.0. The second-order valence-corrected chi connectivity index (χ2v) is 7.39. The van der Waals surface area contributed by atoms with E-state index in [1.54, 1.807) is 62.4 Å². The molecule has 7 heteroatoms. The summed E-state index contributed by atoms with van der Waals surface area (Å²) in [5.41, 5.74) is 0.865. The second kappa shape index (κ2) is 8.49. The zero-order valence-corrected chi connectivity index (χ0v) is 17.2. The van der Waals surface area contributed by atoms with E-state index in [4.69, 9.17) is 9.47 Å². The monoisotopic (exact) mass is 409 g/mol. The number of rotatable bonds is 7. The third-order valence-electron chi connectivity index (χ3n) is 5.01. The molecule has 1 aliphatic rings. The van der Waals surface area contributed by atoms with Gasteiger partial charge < -0.3 is 9.47 Å². The van der Waals surface area contributed by atoms with Crippen LogP contribution in [0.1, 0.15) is 51.8 Å². The van der Waals surface area contributed by atoms with Crippen LogP contribution in [0.4, 0.5) is 0 Å². The van der Waals surface area contributed by atoms with Gasteiger partial charge in [-0.3, -0.25) is 19.3 Å². The predicted octanol–water partition coefficient (Wildman–Crippen LogP) is 3.13. The molecule has 2 atom stereocenters. The number of amides is 2. The van der Waals surface area contributed by atoms with Crippen LogP contribution in [0.5, 0.6) is 5.75 Å². The Morgan fingerprint density at radius 1 is 0.867 bits per heavy atom. The number of methoxy groups -OCH3 is 1. The molecule has 1 heterocycles. The molecule has 2 aromatic carbocycles. The minimum atomic E-state index is -1.14. The van der Waals surface area contributed by atoms with Crippen molar-refractivity contribution in [3.8, 4) is 5.75 Å². The topological polar surface area (TPSA) is 90.0 Å². The summed E-state index contributed by atoms with van der Waals surface area (Å²) >= 11 is 0. The smallest absolute Gasteiger partial charge is 0.330 e. The zero-order valence-electron chi connectivity index (χ0n) is 17.2. The molecule has 0 N–H and O–H groups in total. The van der Waals surface area contributed by atoms with Crippen LogP contribution in [0, 0.1) is 5.92 Å². The summed E-state index contributed by atoms with van der Waals surface area (Å²) in [5, 5.41) is 0. The van der Waals surface area contributed by atoms with Crippen molar-refractivity contribution in [1.82, 2.24) is 4.90 Å². The number of fused-ring (bicyclic) bond motifs is 1. The van der Waals surface area contributed by atoms with Crippen LogP contribution in [0.15, 0.2) is 48.5 Å². The van der Waals surface area contributed by atoms with Crippen molar-refractivity contribution in [2.24, 2.45) is 5.92 Å². The highest BCUT2D eigenvalue weighted by atomic mass is 16.5. The standard InChI is InChI=1S/C23H23NO6/c1-13(2)19(24-21(26)17-7-5-6-8-18(17)22(24)27)23(28)30-14(3)20(25)15-9-11-16(29-4)12-10-15/h5-14,19H,1-4H3/t14-,19-/m1/s1. The van der Waals surface area contributed by atoms with E-state index in [0.717, 1.165) is 4.90 Å². The van der Waals surface area contributed by atoms with Crippen LogP contribution >= 0.6 is 0 Å². The van der Waals surface area contributed by atoms with E-state index in [1.165, 1.54) is 14.0 Å². The van der Waals surface area contributed by atoms with Gasteiger partial charge in [0, 0.05) is 5.56 Å². The fraction of sp³-hybridized carbons (Fsp3) is 0.304. The van der Waals surface area contributed by atoms with E-state index in [2.05, 4.69) is 0 Å². The molecule has 0 bridgehead atoms. The molecule has 0 aliphatic carbocycles. The molecule has 30 heavy (non-hydrogen) atoms. The minimum Gasteiger partial charge on any atom is -0.497 e. The molecule has 0 fully saturated rings. The number of Topliss-reactive ketones (excluding diaryl/α,β-unsaturated/α-hetero) is 1. The van der Waals surface area contributed by atoms with Gasteiger partial charge in [-0.15, -0.1) is 0 Å². The van der Waals surface area contributed by atoms with Gasteiger partial charge in [0.25, 0.3) is 11.8 Å². The third kappa shape index (κ3) is 3.83. The van der Waals surface area contributed by atoms with E-state index in [9.17, 15) is 19.2 Å². The van der Waals surface area contributed by atoms with Crippen LogP contribution in [0.2, 0.25) is 0 Å². The van der Waals surface area contributed by atoms with Crippen molar-refractivity contribution in [2.45, 2.75) is 32.9 Å². The molecular weight excluding hydrogens is 386 g/mol. The molecule has 7 nitrogen and oxygen atoms in total. The van der Waals surface area contributed by atoms with Crippen molar-refractivity contribution in [1.29, 1.82) is 0 Å². The first-order chi connectivity index (χ1) is 14.3. The molecule has 0 aromatic heterocycles. The molecular formula is C23H23NO6. The maximum Gasteiger partial charge on any atom is 0.330 e. The molecule has 0 saturated carbocycles. The maximum atomic E-state index is 12.9. The molecule has 2 aromatic rings. The third-order valence-corrected chi connectivity index (χ3v) is 5.01. The Bertz CT molecular complexity index is 960. The van der Waals surface area contributed by atoms with Crippen LogP contribution in [-0.4, -0.2) is 47.7 Å². The molecule has 0 unspecified atom stereocenters. The van der Waals surface area contributed by atoms with Crippen LogP contribution < -0.4 is 4.74 Å². The zero-order chi connectivity index (χ0) is 22.0. The quantitative estimate of drug-likeness (QED) is 0.396. The van der Waals surface area contributed by atoms with Crippen LogP contribution in [-0.2, 0) is 9.53 Å². The van der Waals surface area contributed by atoms with Gasteiger partial charge in [-0.2, -0.15) is 0 Å². The number of carbonyl (C=O) groups excluding carboxylic acids is 4. The van der Waals surface area contributed by atoms with E-state index in [-0.39, 0.29) is 11.1 Å². The van der Waals surface area contributed by atoms with Crippen LogP contribution in [0.3, 0.4) is 0 Å². The summed E-state index contributed by atoms with van der Waals surface area (Å²) in [7, 11) is 1.52. The number of hydrogen-bond acceptors (Lipinski definition) is 6. The predicted molar refractivity (Wildman–Crippen MR) is 108 cm³/mol. The van der Waals surface area contributed by atoms with Gasteiger partial charge in [0.2, 0.25) is 5.78 Å². The summed E-state index contributed by atoms with van der Waals surface area (Å²) in [6.45, 7) is 4.89. The summed E-state index contributed by atoms with van der Waals surface area (Å²) < 4.78 is 10.5. The Hall–Kier alpha value is -3.48. The molecule has 0 radical (unpaired) electrons. The summed E-state index contributed by atoms with van der Waals surface area (Å²) in [6, 6.07) is 11.7. The van der Waals surface area contributed by atoms with Gasteiger partial charge in [-0.05, 0) is 49.2 Å². The van der Waals surface area contributed by atoms with Crippen molar-refractivity contribution in [3.05, 3.63) is 65.2 Å². The Balaban J connectivity index is 1.78. The number of benzene rings is 2. The first-order valence-electron chi connectivity index (χ1n) is 9.62. The van der Waals surface area contributed by atoms with Gasteiger partial charge in [0.1, 0.15) is 11.8 Å². The molecule has 156 valence electrons. The highest BCUT2D eigenvalue weighted by molar-refractivity contribution is 6.22. The molecule has 1 aliphatic heterocycles. The fourth-order valence-electron chi connectivity index (χ4n) is 3.42. The van der Waals surface area contributed by atoms with Crippen molar-refractivity contribution in [3.63, 3.8) is 0 Å². The Morgan fingerprint density at radius 3 is 1.87 bits per heavy atom. The van der Waals surface area contributed by atoms with Crippen molar-refractivity contribution < 1.29 is 28.7 Å². The van der Waals surface area contributed by atoms with E-state index >= 15 is 0 Å². The molecule has 3 rings (SSSR count). The number of ketones is 1. The number of esters is 1. The van der Waals surface area contributed by atoms with Crippen LogP contribution in [0.25, 0.3) is 0 Å². The summed E-state index contributed by atoms with van der Waals surface area (Å²) in [5.74, 6) is -2.07. The lowest BCUT2D eigenvalue weighted by Gasteiger charge is -2.28. The van der Waals surface area contributed by atoms with Gasteiger partial charge >= 0.3 is 5.97 Å². The van der Waals surface area contributed by atoms with Gasteiger partial charge in [0.05, 0.1) is 18.2 Å². The normalized spacial score (nSPS) is 15.0. The summed E-state index contributed by atoms with van der Waals surface area (Å²) in [6.07, 6.45) is -1.08. The first-order valence-corrected chi connectivity index (χ1v) is 9.62. The van der Waals surface area contributed by atoms with E-state index in [1.807, 2.05) is 0 Å². The molecule has 0 spiro atoms. The van der Waals surface area contributed by atoms with Crippen molar-refractivity contribution >= 4 is 23.6 Å². The highest BCUT2D eigenvalue weighted by Gasteiger charge is 2.45. The van der Waals surface area contributed by atoms with Gasteiger partial charge in [-0.1, -0.05) is 26.0 Å². The number of hydrogen-bond donors (Lipinski definition) is 0. The Kier molecular flexibility index (Phi) is 6.01. The first kappa shape index (κ1) is 21.2. The van der Waals surface area contributed by atoms with E-state index in [0.29, 0.717) is 11.3 Å². The number of nitrogens with zero attached hydrogens (tertiary/aromatic N) is 1. The highest BCUT2D eigenvalue weighted by Crippen LogP contribution is 2.28. The largest absolute Gasteiger partial charge is 0.497 e. The van der Waals surface area contributed by atoms with Crippen molar-refractivity contribution in [2.75, 3.05) is 7.11 Å². The minimum absolute atomic E-state index is 0.253. The lowest BCUT2D eigenvalue weighted by Crippen LogP contribution is -2.49. The summed E-state index contributed by atoms with van der Waals surface area (Å²) in [4.78, 5) is 52.0. The molecule has 2 amide bonds.